The summed E-state index contributed by atoms with van der Waals surface area (Å²) in [5.74, 6) is -2.41. The van der Waals surface area contributed by atoms with Crippen molar-refractivity contribution in [2.24, 2.45) is 22.9 Å². The highest BCUT2D eigenvalue weighted by atomic mass is 35.5. The topological polar surface area (TPSA) is 194 Å². The number of hydrogen-bond donors (Lipinski definition) is 4. The molecule has 0 spiro atoms. The van der Waals surface area contributed by atoms with Crippen LogP contribution in [0.25, 0.3) is 32.6 Å². The number of anilines is 2. The molecule has 2 unspecified atom stereocenters. The van der Waals surface area contributed by atoms with Gasteiger partial charge in [0.2, 0.25) is 23.6 Å². The van der Waals surface area contributed by atoms with Crippen LogP contribution in [0.2, 0.25) is 0 Å². The van der Waals surface area contributed by atoms with Crippen molar-refractivity contribution < 1.29 is 33.6 Å². The standard InChI is InChI=1S/C52H54ClN7O7/c1-28(2)40(25-37(61)13-10-31(5)57-58-47(63)16-17-59-48(64)19-30(4)51(59)66)50(65)54-36-12-15-42-34(22-36)23-43(55-42)46(62)21-32-11-14-41-33(20-32)24-44(56-41)52(67)60-27-35(26-53)49-39-9-7-6-8-38(39)29(3)18-45(49)60/h6-9,11-12,14-15,18,20,22-24,28,30,35,40,55-56H,10,13,16-17,19,21,25-27H2,1-5H3,(H,54,65)(H,58,63)/b57-31-/t30?,35?,40-/m0/s1. The number of nitrogens with one attached hydrogen (secondary N) is 4. The lowest BCUT2D eigenvalue weighted by Crippen LogP contribution is -2.34. The third-order valence-corrected chi connectivity index (χ3v) is 13.4. The second-order valence-electron chi connectivity index (χ2n) is 18.3. The third-order valence-electron chi connectivity index (χ3n) is 13.0. The summed E-state index contributed by atoms with van der Waals surface area (Å²) in [4.78, 5) is 100. The van der Waals surface area contributed by atoms with Crippen molar-refractivity contribution in [1.29, 1.82) is 0 Å². The first-order valence-corrected chi connectivity index (χ1v) is 23.3. The number of aromatic amines is 2. The van der Waals surface area contributed by atoms with E-state index in [2.05, 4.69) is 50.9 Å². The monoisotopic (exact) mass is 923 g/mol. The molecule has 4 heterocycles. The number of ketones is 2. The molecule has 6 aromatic rings. The largest absolute Gasteiger partial charge is 0.352 e. The summed E-state index contributed by atoms with van der Waals surface area (Å²) in [7, 11) is 0. The second kappa shape index (κ2) is 19.5. The number of fused-ring (bicyclic) bond motifs is 5. The number of carbonyl (C=O) groups is 7. The summed E-state index contributed by atoms with van der Waals surface area (Å²) in [5.41, 5.74) is 9.73. The maximum absolute atomic E-state index is 14.1. The molecule has 1 fully saturated rings. The predicted octanol–water partition coefficient (Wildman–Crippen LogP) is 8.75. The van der Waals surface area contributed by atoms with E-state index in [1.54, 1.807) is 38.1 Å². The van der Waals surface area contributed by atoms with Gasteiger partial charge in [0.1, 0.15) is 11.5 Å². The van der Waals surface area contributed by atoms with Crippen molar-refractivity contribution in [1.82, 2.24) is 20.3 Å². The highest BCUT2D eigenvalue weighted by Gasteiger charge is 2.36. The molecule has 4 aromatic carbocycles. The molecule has 2 aromatic heterocycles. The Hall–Kier alpha value is -6.93. The SMILES string of the molecule is C/C(CCC(=O)C[C@H](C(=O)Nc1ccc2[nH]c(C(=O)Cc3ccc4[nH]c(C(=O)N5CC(CCl)c6c5cc(C)c5ccccc65)cc4c3)cc2c1)C(C)C)=N/NC(=O)CCN1C(=O)CC(C)C1=O. The van der Waals surface area contributed by atoms with Gasteiger partial charge in [-0.1, -0.05) is 51.1 Å². The van der Waals surface area contributed by atoms with Crippen molar-refractivity contribution >= 4 is 102 Å². The number of aryl methyl sites for hydroxylation is 1. The van der Waals surface area contributed by atoms with Crippen molar-refractivity contribution in [3.8, 4) is 0 Å². The highest BCUT2D eigenvalue weighted by Crippen LogP contribution is 2.44. The molecule has 2 aliphatic rings. The van der Waals surface area contributed by atoms with E-state index in [9.17, 15) is 33.6 Å². The first kappa shape index (κ1) is 46.6. The summed E-state index contributed by atoms with van der Waals surface area (Å²) in [6, 6.07) is 24.9. The fraction of sp³-hybridized carbons (Fsp3) is 0.346. The molecule has 0 aliphatic carbocycles. The van der Waals surface area contributed by atoms with Crippen molar-refractivity contribution in [3.63, 3.8) is 0 Å². The van der Waals surface area contributed by atoms with Crippen LogP contribution in [-0.2, 0) is 30.4 Å². The summed E-state index contributed by atoms with van der Waals surface area (Å²) < 4.78 is 0. The van der Waals surface area contributed by atoms with E-state index < -0.39 is 11.8 Å². The van der Waals surface area contributed by atoms with Crippen molar-refractivity contribution in [3.05, 3.63) is 107 Å². The fourth-order valence-corrected chi connectivity index (χ4v) is 9.49. The van der Waals surface area contributed by atoms with E-state index in [4.69, 9.17) is 11.6 Å². The van der Waals surface area contributed by atoms with Gasteiger partial charge in [-0.2, -0.15) is 5.10 Å². The second-order valence-corrected chi connectivity index (χ2v) is 18.6. The summed E-state index contributed by atoms with van der Waals surface area (Å²) in [6.45, 7) is 9.67. The molecule has 0 bridgehead atoms. The molecule has 2 aliphatic heterocycles. The summed E-state index contributed by atoms with van der Waals surface area (Å²) >= 11 is 6.47. The molecular formula is C52H54ClN7O7. The number of benzene rings is 4. The Bertz CT molecular complexity index is 3020. The van der Waals surface area contributed by atoms with Gasteiger partial charge < -0.3 is 20.2 Å². The minimum atomic E-state index is -0.598. The quantitative estimate of drug-likeness (QED) is 0.0231. The number of amides is 5. The molecule has 15 heteroatoms. The molecular weight excluding hydrogens is 870 g/mol. The Morgan fingerprint density at radius 1 is 0.866 bits per heavy atom. The molecule has 0 saturated carbocycles. The van der Waals surface area contributed by atoms with Gasteiger partial charge in [0, 0.05) is 108 Å². The van der Waals surface area contributed by atoms with E-state index in [0.29, 0.717) is 35.2 Å². The molecule has 8 rings (SSSR count). The van der Waals surface area contributed by atoms with Gasteiger partial charge in [-0.15, -0.1) is 11.6 Å². The minimum absolute atomic E-state index is 0.00855. The Kier molecular flexibility index (Phi) is 13.6. The van der Waals surface area contributed by atoms with E-state index in [0.717, 1.165) is 59.9 Å². The third kappa shape index (κ3) is 9.95. The van der Waals surface area contributed by atoms with Gasteiger partial charge in [0.15, 0.2) is 5.78 Å². The van der Waals surface area contributed by atoms with Gasteiger partial charge in [-0.05, 0) is 102 Å². The number of nitrogens with zero attached hydrogens (tertiary/aromatic N) is 3. The van der Waals surface area contributed by atoms with E-state index in [-0.39, 0.29) is 98.0 Å². The lowest BCUT2D eigenvalue weighted by Gasteiger charge is -2.20. The zero-order valence-electron chi connectivity index (χ0n) is 38.3. The van der Waals surface area contributed by atoms with Crippen molar-refractivity contribution in [2.75, 3.05) is 29.2 Å². The van der Waals surface area contributed by atoms with Gasteiger partial charge in [-0.25, -0.2) is 5.43 Å². The fourth-order valence-electron chi connectivity index (χ4n) is 9.23. The molecule has 3 atom stereocenters. The Labute approximate surface area is 392 Å². The van der Waals surface area contributed by atoms with E-state index >= 15 is 0 Å². The molecule has 14 nitrogen and oxygen atoms in total. The van der Waals surface area contributed by atoms with Crippen LogP contribution < -0.4 is 15.6 Å². The molecule has 346 valence electrons. The molecule has 1 saturated heterocycles. The van der Waals surface area contributed by atoms with Crippen LogP contribution in [0.1, 0.15) is 103 Å². The predicted molar refractivity (Wildman–Crippen MR) is 261 cm³/mol. The first-order chi connectivity index (χ1) is 32.1. The number of rotatable bonds is 17. The van der Waals surface area contributed by atoms with Crippen LogP contribution in [0.3, 0.4) is 0 Å². The van der Waals surface area contributed by atoms with Gasteiger partial charge >= 0.3 is 0 Å². The van der Waals surface area contributed by atoms with Gasteiger partial charge in [-0.3, -0.25) is 38.5 Å². The number of alkyl halides is 1. The first-order valence-electron chi connectivity index (χ1n) is 22.7. The highest BCUT2D eigenvalue weighted by molar-refractivity contribution is 6.19. The average Bonchev–Trinajstić information content (AvgIpc) is 4.08. The van der Waals surface area contributed by atoms with Gasteiger partial charge in [0.05, 0.1) is 5.69 Å². The van der Waals surface area contributed by atoms with Crippen LogP contribution in [0, 0.1) is 24.7 Å². The summed E-state index contributed by atoms with van der Waals surface area (Å²) in [6.07, 6.45) is 0.627. The number of imide groups is 1. The van der Waals surface area contributed by atoms with Crippen LogP contribution in [0.5, 0.6) is 0 Å². The van der Waals surface area contributed by atoms with Crippen LogP contribution >= 0.6 is 11.6 Å². The molecule has 67 heavy (non-hydrogen) atoms. The summed E-state index contributed by atoms with van der Waals surface area (Å²) in [5, 5.41) is 10.8. The number of halogens is 1. The minimum Gasteiger partial charge on any atom is -0.352 e. The smallest absolute Gasteiger partial charge is 0.274 e. The van der Waals surface area contributed by atoms with Gasteiger partial charge in [0.25, 0.3) is 5.91 Å². The zero-order chi connectivity index (χ0) is 47.7. The lowest BCUT2D eigenvalue weighted by atomic mass is 9.88. The zero-order valence-corrected chi connectivity index (χ0v) is 39.0. The Balaban J connectivity index is 0.851. The maximum Gasteiger partial charge on any atom is 0.274 e. The molecule has 5 amide bonds. The number of aromatic nitrogens is 2. The Morgan fingerprint density at radius 2 is 1.57 bits per heavy atom. The number of likely N-dealkylation sites (tertiary alicyclic amines) is 1. The number of H-pyrrole nitrogens is 2. The van der Waals surface area contributed by atoms with Crippen LogP contribution in [0.15, 0.2) is 84.0 Å². The number of Topliss-reactive ketones (excluding diaryl/α,β-unsaturated/α-hetero) is 2. The molecule has 0 radical (unpaired) electrons. The number of carbonyl (C=O) groups excluding carboxylic acids is 7. The maximum atomic E-state index is 14.1. The van der Waals surface area contributed by atoms with E-state index in [1.807, 2.05) is 55.1 Å². The Morgan fingerprint density at radius 3 is 2.28 bits per heavy atom. The van der Waals surface area contributed by atoms with Crippen molar-refractivity contribution in [2.45, 2.75) is 79.1 Å². The molecule has 4 N–H and O–H groups in total. The average molecular weight is 924 g/mol. The lowest BCUT2D eigenvalue weighted by molar-refractivity contribution is -0.139. The van der Waals surface area contributed by atoms with Crippen LogP contribution in [-0.4, -0.2) is 80.7 Å². The van der Waals surface area contributed by atoms with E-state index in [1.165, 1.54) is 0 Å². The number of hydrazone groups is 1. The van der Waals surface area contributed by atoms with Crippen LogP contribution in [0.4, 0.5) is 11.4 Å². The number of hydrogen-bond acceptors (Lipinski definition) is 8. The normalized spacial score (nSPS) is 16.7.